The summed E-state index contributed by atoms with van der Waals surface area (Å²) in [5.74, 6) is -6.82. The Morgan fingerprint density at radius 2 is 1.82 bits per heavy atom. The maximum atomic E-state index is 14.0. The molecule has 1 aromatic carbocycles. The first-order valence-electron chi connectivity index (χ1n) is 12.6. The van der Waals surface area contributed by atoms with Crippen molar-refractivity contribution in [3.05, 3.63) is 45.2 Å². The zero-order valence-corrected chi connectivity index (χ0v) is 23.1. The van der Waals surface area contributed by atoms with E-state index in [2.05, 4.69) is 5.16 Å². The fraction of sp³-hybridized carbons (Fsp3) is 0.500. The third-order valence-electron chi connectivity index (χ3n) is 8.15. The van der Waals surface area contributed by atoms with Crippen LogP contribution in [-0.2, 0) is 31.1 Å². The molecule has 4 atom stereocenters. The lowest BCUT2D eigenvalue weighted by molar-refractivity contribution is -0.153. The van der Waals surface area contributed by atoms with Crippen LogP contribution in [0.5, 0.6) is 5.75 Å². The number of benzene rings is 1. The Morgan fingerprint density at radius 3 is 2.33 bits per heavy atom. The van der Waals surface area contributed by atoms with Gasteiger partial charge in [-0.2, -0.15) is 0 Å². The number of amides is 1. The van der Waals surface area contributed by atoms with E-state index in [9.17, 15) is 34.8 Å². The number of carbonyl (C=O) groups is 3. The molecule has 1 amide bonds. The Bertz CT molecular complexity index is 1400. The first-order chi connectivity index (χ1) is 18.0. The van der Waals surface area contributed by atoms with Gasteiger partial charge >= 0.3 is 0 Å². The van der Waals surface area contributed by atoms with Crippen molar-refractivity contribution in [1.82, 2.24) is 4.90 Å². The second-order valence-corrected chi connectivity index (χ2v) is 11.7. The van der Waals surface area contributed by atoms with Gasteiger partial charge < -0.3 is 31.0 Å². The number of primary amides is 1. The van der Waals surface area contributed by atoms with E-state index in [0.717, 1.165) is 0 Å². The van der Waals surface area contributed by atoms with E-state index in [4.69, 9.17) is 10.6 Å². The maximum absolute atomic E-state index is 14.0. The molecule has 0 heterocycles. The van der Waals surface area contributed by atoms with Gasteiger partial charge in [-0.3, -0.25) is 19.3 Å². The molecule has 0 saturated heterocycles. The Labute approximate surface area is 226 Å². The van der Waals surface area contributed by atoms with Gasteiger partial charge in [-0.1, -0.05) is 25.9 Å². The average Bonchev–Trinajstić information content (AvgIpc) is 2.80. The maximum Gasteiger partial charge on any atom is 0.255 e. The summed E-state index contributed by atoms with van der Waals surface area (Å²) in [6, 6.07) is 0.640. The summed E-state index contributed by atoms with van der Waals surface area (Å²) in [5, 5.41) is 49.7. The molecule has 0 bridgehead atoms. The lowest BCUT2D eigenvalue weighted by atomic mass is 9.57. The molecule has 210 valence electrons. The van der Waals surface area contributed by atoms with Crippen LogP contribution >= 0.6 is 0 Å². The van der Waals surface area contributed by atoms with Crippen molar-refractivity contribution < 1.29 is 39.6 Å². The van der Waals surface area contributed by atoms with Crippen LogP contribution in [0.25, 0.3) is 5.76 Å². The van der Waals surface area contributed by atoms with Gasteiger partial charge in [0.25, 0.3) is 5.91 Å². The molecule has 6 N–H and O–H groups in total. The molecule has 3 aliphatic carbocycles. The molecule has 1 aromatic rings. The molecule has 39 heavy (non-hydrogen) atoms. The topological polar surface area (TPSA) is 183 Å². The highest BCUT2D eigenvalue weighted by Gasteiger charge is 2.64. The number of likely N-dealkylation sites (N-methyl/N-ethyl adjacent to an activating group) is 1. The third kappa shape index (κ3) is 3.94. The van der Waals surface area contributed by atoms with Gasteiger partial charge in [0.2, 0.25) is 5.78 Å². The van der Waals surface area contributed by atoms with Gasteiger partial charge in [0, 0.05) is 22.6 Å². The minimum atomic E-state index is -2.68. The van der Waals surface area contributed by atoms with E-state index in [1.165, 1.54) is 12.0 Å². The number of nitrogens with two attached hydrogens (primary N) is 1. The molecule has 0 spiro atoms. The van der Waals surface area contributed by atoms with Crippen LogP contribution in [0.4, 0.5) is 0 Å². The molecule has 0 aliphatic heterocycles. The first kappa shape index (κ1) is 28.3. The molecular weight excluding hydrogens is 506 g/mol. The van der Waals surface area contributed by atoms with Gasteiger partial charge in [-0.25, -0.2) is 0 Å². The van der Waals surface area contributed by atoms with E-state index in [-0.39, 0.29) is 29.7 Å². The third-order valence-corrected chi connectivity index (χ3v) is 8.15. The Hall–Kier alpha value is -3.70. The van der Waals surface area contributed by atoms with Crippen molar-refractivity contribution >= 4 is 28.9 Å². The normalized spacial score (nSPS) is 27.4. The number of fused-ring (bicyclic) bond motifs is 3. The second-order valence-electron chi connectivity index (χ2n) is 11.7. The van der Waals surface area contributed by atoms with E-state index < -0.39 is 63.5 Å². The minimum Gasteiger partial charge on any atom is -0.508 e. The summed E-state index contributed by atoms with van der Waals surface area (Å²) in [6.45, 7) is 7.36. The SMILES string of the molecule is CO/N=C(/C)c1cc(C(C)(C)C)c(O)c2c1C[C@H]1C[C@H]3C(N(C)C)C(=O)C(C(N)=O)=C(O)[C@@]3(O)C(=O)C1=C2O. The van der Waals surface area contributed by atoms with Crippen LogP contribution < -0.4 is 5.73 Å². The number of rotatable bonds is 4. The number of carbonyl (C=O) groups excluding carboxylic acids is 3. The molecule has 3 aliphatic rings. The molecular formula is C28H35N3O8. The number of nitrogens with zero attached hydrogens (tertiary/aromatic N) is 2. The number of Topliss-reactive ketones (excluding diaryl/α,β-unsaturated/α-hetero) is 2. The van der Waals surface area contributed by atoms with E-state index in [1.807, 2.05) is 20.8 Å². The predicted molar refractivity (Wildman–Crippen MR) is 142 cm³/mol. The van der Waals surface area contributed by atoms with E-state index in [0.29, 0.717) is 22.4 Å². The van der Waals surface area contributed by atoms with Crippen molar-refractivity contribution in [1.29, 1.82) is 0 Å². The van der Waals surface area contributed by atoms with E-state index in [1.54, 1.807) is 27.1 Å². The first-order valence-corrected chi connectivity index (χ1v) is 12.6. The average molecular weight is 542 g/mol. The summed E-state index contributed by atoms with van der Waals surface area (Å²) in [4.78, 5) is 45.8. The molecule has 0 aromatic heterocycles. The Balaban J connectivity index is 2.05. The van der Waals surface area contributed by atoms with Crippen molar-refractivity contribution in [3.63, 3.8) is 0 Å². The number of oxime groups is 1. The standard InChI is InChI=1S/C28H35N3O8/c1-11(30-39-7)13-10-16(27(2,3)4)21(32)18-14(13)8-12-9-15-20(31(5)6)23(34)19(26(29)37)25(36)28(15,38)24(35)17(12)22(18)33/h10,12,15,20,32-33,36,38H,8-9H2,1-7H3,(H2,29,37)/b30-11-/t12-,15-,20?,28-/m0/s1. The van der Waals surface area contributed by atoms with E-state index >= 15 is 0 Å². The van der Waals surface area contributed by atoms with Gasteiger partial charge in [-0.05, 0) is 56.8 Å². The Kier molecular flexibility index (Phi) is 6.68. The zero-order valence-electron chi connectivity index (χ0n) is 23.1. The van der Waals surface area contributed by atoms with Crippen molar-refractivity contribution in [3.8, 4) is 5.75 Å². The number of phenolic OH excluding ortho intramolecular Hbond substituents is 1. The van der Waals surface area contributed by atoms with Crippen LogP contribution in [-0.4, -0.2) is 81.4 Å². The fourth-order valence-electron chi connectivity index (χ4n) is 6.39. The molecule has 1 unspecified atom stereocenters. The van der Waals surface area contributed by atoms with Crippen LogP contribution in [0, 0.1) is 11.8 Å². The zero-order chi connectivity index (χ0) is 29.4. The number of phenols is 1. The summed E-state index contributed by atoms with van der Waals surface area (Å²) in [7, 11) is 4.52. The van der Waals surface area contributed by atoms with Crippen molar-refractivity contribution in [2.24, 2.45) is 22.7 Å². The van der Waals surface area contributed by atoms with Crippen molar-refractivity contribution in [2.75, 3.05) is 21.2 Å². The number of aliphatic hydroxyl groups is 3. The number of ketones is 2. The number of aliphatic hydroxyl groups excluding tert-OH is 2. The molecule has 0 radical (unpaired) electrons. The largest absolute Gasteiger partial charge is 0.508 e. The molecule has 1 saturated carbocycles. The van der Waals surface area contributed by atoms with Crippen LogP contribution in [0.3, 0.4) is 0 Å². The summed E-state index contributed by atoms with van der Waals surface area (Å²) < 4.78 is 0. The smallest absolute Gasteiger partial charge is 0.255 e. The highest BCUT2D eigenvalue weighted by Crippen LogP contribution is 2.54. The van der Waals surface area contributed by atoms with Gasteiger partial charge in [0.05, 0.1) is 17.3 Å². The lowest BCUT2D eigenvalue weighted by Gasteiger charge is -2.50. The minimum absolute atomic E-state index is 0.00740. The van der Waals surface area contributed by atoms with Gasteiger partial charge in [0.1, 0.15) is 30.0 Å². The summed E-state index contributed by atoms with van der Waals surface area (Å²) >= 11 is 0. The quantitative estimate of drug-likeness (QED) is 0.215. The van der Waals surface area contributed by atoms with Crippen LogP contribution in [0.2, 0.25) is 0 Å². The summed E-state index contributed by atoms with van der Waals surface area (Å²) in [6.07, 6.45) is 0.173. The predicted octanol–water partition coefficient (Wildman–Crippen LogP) is 1.63. The second kappa shape index (κ2) is 9.20. The highest BCUT2D eigenvalue weighted by molar-refractivity contribution is 6.24. The van der Waals surface area contributed by atoms with Gasteiger partial charge in [0.15, 0.2) is 11.4 Å². The molecule has 11 nitrogen and oxygen atoms in total. The van der Waals surface area contributed by atoms with Crippen LogP contribution in [0.15, 0.2) is 28.1 Å². The summed E-state index contributed by atoms with van der Waals surface area (Å²) in [5.41, 5.74) is 3.22. The van der Waals surface area contributed by atoms with Crippen LogP contribution in [0.1, 0.15) is 56.4 Å². The molecule has 1 fully saturated rings. The Morgan fingerprint density at radius 1 is 1.21 bits per heavy atom. The van der Waals surface area contributed by atoms with Crippen molar-refractivity contribution in [2.45, 2.75) is 57.6 Å². The fourth-order valence-corrected chi connectivity index (χ4v) is 6.39. The number of hydrogen-bond acceptors (Lipinski definition) is 10. The monoisotopic (exact) mass is 541 g/mol. The lowest BCUT2D eigenvalue weighted by Crippen LogP contribution is -2.65. The number of aromatic hydroxyl groups is 1. The van der Waals surface area contributed by atoms with Gasteiger partial charge in [-0.15, -0.1) is 0 Å². The molecule has 4 rings (SSSR count). The number of hydrogen-bond donors (Lipinski definition) is 5. The molecule has 11 heteroatoms. The highest BCUT2D eigenvalue weighted by atomic mass is 16.6.